The molecular weight excluding hydrogens is 366 g/mol. The molecule has 0 radical (unpaired) electrons. The van der Waals surface area contributed by atoms with Crippen LogP contribution in [0, 0.1) is 18.3 Å². The molecule has 134 valence electrons. The Hall–Kier alpha value is -2.03. The number of amides is 1. The highest BCUT2D eigenvalue weighted by Crippen LogP contribution is 2.30. The van der Waals surface area contributed by atoms with Crippen LogP contribution in [0.25, 0.3) is 0 Å². The predicted molar refractivity (Wildman–Crippen MR) is 106 cm³/mol. The van der Waals surface area contributed by atoms with Crippen LogP contribution in [0.15, 0.2) is 29.3 Å². The van der Waals surface area contributed by atoms with Crippen LogP contribution in [0.3, 0.4) is 0 Å². The molecule has 6 heteroatoms. The van der Waals surface area contributed by atoms with Crippen LogP contribution in [-0.2, 0) is 17.6 Å². The molecule has 1 atom stereocenters. The summed E-state index contributed by atoms with van der Waals surface area (Å²) in [5, 5.41) is 13.2. The van der Waals surface area contributed by atoms with Crippen LogP contribution >= 0.6 is 23.4 Å². The van der Waals surface area contributed by atoms with E-state index in [4.69, 9.17) is 11.6 Å². The number of pyridine rings is 1. The van der Waals surface area contributed by atoms with E-state index in [0.717, 1.165) is 36.9 Å². The average molecular weight is 386 g/mol. The number of nitrogens with zero attached hydrogens (tertiary/aromatic N) is 2. The number of aryl methyl sites for hydroxylation is 2. The molecule has 1 aliphatic rings. The van der Waals surface area contributed by atoms with Gasteiger partial charge < -0.3 is 5.32 Å². The lowest BCUT2D eigenvalue weighted by molar-refractivity contribution is -0.115. The summed E-state index contributed by atoms with van der Waals surface area (Å²) in [5.74, 6) is -0.135. The van der Waals surface area contributed by atoms with Crippen molar-refractivity contribution in [1.82, 2.24) is 4.98 Å². The fraction of sp³-hybridized carbons (Fsp3) is 0.350. The molecule has 1 aromatic heterocycles. The number of carbonyl (C=O) groups excluding carboxylic acids is 1. The number of benzene rings is 1. The molecule has 26 heavy (non-hydrogen) atoms. The molecule has 0 aliphatic heterocycles. The van der Waals surface area contributed by atoms with Gasteiger partial charge in [-0.25, -0.2) is 4.98 Å². The van der Waals surface area contributed by atoms with Crippen molar-refractivity contribution < 1.29 is 4.79 Å². The first-order chi connectivity index (χ1) is 12.5. The number of hydrogen-bond donors (Lipinski definition) is 1. The van der Waals surface area contributed by atoms with E-state index in [9.17, 15) is 10.1 Å². The number of fused-ring (bicyclic) bond motifs is 1. The van der Waals surface area contributed by atoms with Gasteiger partial charge in [0.25, 0.3) is 0 Å². The van der Waals surface area contributed by atoms with E-state index >= 15 is 0 Å². The number of aromatic nitrogens is 1. The zero-order chi connectivity index (χ0) is 18.7. The molecule has 3 rings (SSSR count). The topological polar surface area (TPSA) is 65.8 Å². The van der Waals surface area contributed by atoms with Crippen LogP contribution in [0.5, 0.6) is 0 Å². The molecule has 1 aliphatic carbocycles. The van der Waals surface area contributed by atoms with Gasteiger partial charge in [0.15, 0.2) is 0 Å². The third-order valence-corrected chi connectivity index (χ3v) is 6.08. The molecule has 4 nitrogen and oxygen atoms in total. The molecule has 0 saturated carbocycles. The van der Waals surface area contributed by atoms with Gasteiger partial charge in [-0.15, -0.1) is 0 Å². The van der Waals surface area contributed by atoms with Gasteiger partial charge in [0.05, 0.1) is 10.8 Å². The maximum Gasteiger partial charge on any atom is 0.237 e. The molecule has 1 amide bonds. The zero-order valence-corrected chi connectivity index (χ0v) is 16.4. The molecule has 1 heterocycles. The van der Waals surface area contributed by atoms with Crippen LogP contribution in [0.1, 0.15) is 42.1 Å². The number of hydrogen-bond acceptors (Lipinski definition) is 4. The highest BCUT2D eigenvalue weighted by Gasteiger charge is 2.21. The van der Waals surface area contributed by atoms with Crippen molar-refractivity contribution in [2.45, 2.75) is 49.8 Å². The Kier molecular flexibility index (Phi) is 5.85. The minimum Gasteiger partial charge on any atom is -0.325 e. The first kappa shape index (κ1) is 18.8. The van der Waals surface area contributed by atoms with Crippen LogP contribution < -0.4 is 5.32 Å². The van der Waals surface area contributed by atoms with Crippen LogP contribution in [0.2, 0.25) is 5.02 Å². The molecule has 0 spiro atoms. The largest absolute Gasteiger partial charge is 0.325 e. The Morgan fingerprint density at radius 1 is 1.38 bits per heavy atom. The van der Waals surface area contributed by atoms with Gasteiger partial charge >= 0.3 is 0 Å². The SMILES string of the molecule is Cc1c(Cl)cccc1NC(=O)C(C)Sc1nc2c(cc1C#N)CCCC2. The summed E-state index contributed by atoms with van der Waals surface area (Å²) in [4.78, 5) is 17.3. The number of halogens is 1. The summed E-state index contributed by atoms with van der Waals surface area (Å²) in [7, 11) is 0. The number of nitriles is 1. The van der Waals surface area contributed by atoms with Gasteiger partial charge in [-0.3, -0.25) is 4.79 Å². The Morgan fingerprint density at radius 2 is 2.15 bits per heavy atom. The van der Waals surface area contributed by atoms with Crippen molar-refractivity contribution in [3.8, 4) is 6.07 Å². The average Bonchev–Trinajstić information content (AvgIpc) is 2.64. The van der Waals surface area contributed by atoms with Crippen molar-refractivity contribution in [3.63, 3.8) is 0 Å². The summed E-state index contributed by atoms with van der Waals surface area (Å²) in [6.07, 6.45) is 4.19. The molecule has 0 bridgehead atoms. The van der Waals surface area contributed by atoms with E-state index < -0.39 is 0 Å². The summed E-state index contributed by atoms with van der Waals surface area (Å²) in [5.41, 5.74) is 4.33. The molecule has 2 aromatic rings. The fourth-order valence-electron chi connectivity index (χ4n) is 2.98. The standard InChI is InChI=1S/C20H20ClN3OS/c1-12-16(21)7-5-9-17(12)23-19(25)13(2)26-20-15(11-22)10-14-6-3-4-8-18(14)24-20/h5,7,9-10,13H,3-4,6,8H2,1-2H3,(H,23,25). The van der Waals surface area contributed by atoms with E-state index in [1.54, 1.807) is 6.07 Å². The normalized spacial score (nSPS) is 14.2. The van der Waals surface area contributed by atoms with Crippen molar-refractivity contribution in [3.05, 3.63) is 51.7 Å². The number of carbonyl (C=O) groups is 1. The third kappa shape index (κ3) is 4.03. The first-order valence-electron chi connectivity index (χ1n) is 8.65. The lowest BCUT2D eigenvalue weighted by atomic mass is 9.95. The van der Waals surface area contributed by atoms with Gasteiger partial charge in [-0.2, -0.15) is 5.26 Å². The first-order valence-corrected chi connectivity index (χ1v) is 9.91. The van der Waals surface area contributed by atoms with Gasteiger partial charge in [-0.05, 0) is 68.9 Å². The van der Waals surface area contributed by atoms with E-state index in [2.05, 4.69) is 16.4 Å². The number of thioether (sulfide) groups is 1. The number of anilines is 1. The van der Waals surface area contributed by atoms with Gasteiger partial charge in [0.2, 0.25) is 5.91 Å². The minimum absolute atomic E-state index is 0.135. The second-order valence-electron chi connectivity index (χ2n) is 6.43. The summed E-state index contributed by atoms with van der Waals surface area (Å²) < 4.78 is 0. The van der Waals surface area contributed by atoms with E-state index in [-0.39, 0.29) is 11.2 Å². The zero-order valence-electron chi connectivity index (χ0n) is 14.8. The summed E-state index contributed by atoms with van der Waals surface area (Å²) in [6.45, 7) is 3.69. The number of nitrogens with one attached hydrogen (secondary N) is 1. The van der Waals surface area contributed by atoms with Gasteiger partial charge in [0.1, 0.15) is 11.1 Å². The van der Waals surface area contributed by atoms with Crippen molar-refractivity contribution in [1.29, 1.82) is 5.26 Å². The van der Waals surface area contributed by atoms with E-state index in [1.807, 2.05) is 32.0 Å². The lowest BCUT2D eigenvalue weighted by Gasteiger charge is -2.18. The third-order valence-electron chi connectivity index (χ3n) is 4.57. The second kappa shape index (κ2) is 8.11. The number of rotatable bonds is 4. The van der Waals surface area contributed by atoms with Crippen molar-refractivity contribution in [2.75, 3.05) is 5.32 Å². The summed E-state index contributed by atoms with van der Waals surface area (Å²) in [6, 6.07) is 9.59. The minimum atomic E-state index is -0.380. The quantitative estimate of drug-likeness (QED) is 0.759. The molecule has 1 unspecified atom stereocenters. The molecule has 0 saturated heterocycles. The maximum absolute atomic E-state index is 12.6. The Morgan fingerprint density at radius 3 is 2.92 bits per heavy atom. The van der Waals surface area contributed by atoms with E-state index in [0.29, 0.717) is 21.3 Å². The Bertz CT molecular complexity index is 891. The van der Waals surface area contributed by atoms with Crippen LogP contribution in [-0.4, -0.2) is 16.1 Å². The Balaban J connectivity index is 1.77. The molecule has 0 fully saturated rings. The highest BCUT2D eigenvalue weighted by molar-refractivity contribution is 8.00. The van der Waals surface area contributed by atoms with Crippen molar-refractivity contribution in [2.24, 2.45) is 0 Å². The molecule has 1 N–H and O–H groups in total. The molecule has 1 aromatic carbocycles. The van der Waals surface area contributed by atoms with Gasteiger partial charge in [0, 0.05) is 16.4 Å². The van der Waals surface area contributed by atoms with Crippen molar-refractivity contribution >= 4 is 35.0 Å². The predicted octanol–water partition coefficient (Wildman–Crippen LogP) is 4.91. The molecular formula is C20H20ClN3OS. The lowest BCUT2D eigenvalue weighted by Crippen LogP contribution is -2.23. The highest BCUT2D eigenvalue weighted by atomic mass is 35.5. The monoisotopic (exact) mass is 385 g/mol. The summed E-state index contributed by atoms with van der Waals surface area (Å²) >= 11 is 7.44. The second-order valence-corrected chi connectivity index (χ2v) is 8.16. The van der Waals surface area contributed by atoms with E-state index in [1.165, 1.54) is 17.3 Å². The van der Waals surface area contributed by atoms with Gasteiger partial charge in [-0.1, -0.05) is 29.4 Å². The fourth-order valence-corrected chi connectivity index (χ4v) is 4.05. The maximum atomic E-state index is 12.6. The Labute approximate surface area is 163 Å². The van der Waals surface area contributed by atoms with Crippen LogP contribution in [0.4, 0.5) is 5.69 Å². The smallest absolute Gasteiger partial charge is 0.237 e.